The number of hydrogen-bond acceptors (Lipinski definition) is 7. The molecule has 31 heavy (non-hydrogen) atoms. The predicted molar refractivity (Wildman–Crippen MR) is 116 cm³/mol. The first-order valence-corrected chi connectivity index (χ1v) is 10.5. The summed E-state index contributed by atoms with van der Waals surface area (Å²) >= 11 is 0. The number of carbonyl (C=O) groups excluding carboxylic acids is 2. The van der Waals surface area contributed by atoms with Gasteiger partial charge < -0.3 is 15.2 Å². The fourth-order valence-corrected chi connectivity index (χ4v) is 3.51. The van der Waals surface area contributed by atoms with Crippen LogP contribution in [-0.4, -0.2) is 70.3 Å². The van der Waals surface area contributed by atoms with Crippen molar-refractivity contribution >= 4 is 17.8 Å². The van der Waals surface area contributed by atoms with E-state index in [-0.39, 0.29) is 30.6 Å². The van der Waals surface area contributed by atoms with E-state index in [2.05, 4.69) is 33.3 Å². The smallest absolute Gasteiger partial charge is 0.343 e. The predicted octanol–water partition coefficient (Wildman–Crippen LogP) is 0.994. The molecule has 1 aliphatic rings. The number of anilines is 1. The van der Waals surface area contributed by atoms with Crippen molar-refractivity contribution in [3.8, 4) is 0 Å². The van der Waals surface area contributed by atoms with Crippen LogP contribution in [0.1, 0.15) is 29.8 Å². The van der Waals surface area contributed by atoms with E-state index in [0.29, 0.717) is 13.1 Å². The van der Waals surface area contributed by atoms with Gasteiger partial charge >= 0.3 is 12.0 Å². The van der Waals surface area contributed by atoms with Gasteiger partial charge in [0.1, 0.15) is 11.4 Å². The van der Waals surface area contributed by atoms with Crippen LogP contribution in [0.2, 0.25) is 0 Å². The van der Waals surface area contributed by atoms with Crippen molar-refractivity contribution in [3.63, 3.8) is 0 Å². The number of piperazine rings is 1. The van der Waals surface area contributed by atoms with Crippen molar-refractivity contribution in [2.24, 2.45) is 0 Å². The van der Waals surface area contributed by atoms with Crippen LogP contribution in [0.5, 0.6) is 0 Å². The van der Waals surface area contributed by atoms with Crippen LogP contribution >= 0.6 is 0 Å². The molecule has 1 aromatic heterocycles. The lowest BCUT2D eigenvalue weighted by molar-refractivity contribution is 0.0527. The van der Waals surface area contributed by atoms with E-state index in [0.717, 1.165) is 13.0 Å². The first-order valence-electron chi connectivity index (χ1n) is 10.5. The van der Waals surface area contributed by atoms with E-state index in [1.165, 1.54) is 16.4 Å². The molecule has 0 radical (unpaired) electrons. The highest BCUT2D eigenvalue weighted by atomic mass is 16.5. The molecule has 0 saturated carbocycles. The molecule has 0 spiro atoms. The largest absolute Gasteiger partial charge is 0.462 e. The average Bonchev–Trinajstić information content (AvgIpc) is 3.10. The first-order chi connectivity index (χ1) is 15.0. The first kappa shape index (κ1) is 22.7. The summed E-state index contributed by atoms with van der Waals surface area (Å²) in [5.74, 6) is -0.396. The Morgan fingerprint density at radius 2 is 2.13 bits per heavy atom. The van der Waals surface area contributed by atoms with E-state index in [4.69, 9.17) is 4.74 Å². The second-order valence-electron chi connectivity index (χ2n) is 7.51. The third-order valence-corrected chi connectivity index (χ3v) is 4.84. The number of benzene rings is 1. The van der Waals surface area contributed by atoms with Gasteiger partial charge in [0.05, 0.1) is 25.5 Å². The molecule has 2 unspecified atom stereocenters. The summed E-state index contributed by atoms with van der Waals surface area (Å²) in [6, 6.07) is 9.90. The Kier molecular flexibility index (Phi) is 7.99. The van der Waals surface area contributed by atoms with Crippen LogP contribution in [0.25, 0.3) is 0 Å². The van der Waals surface area contributed by atoms with E-state index < -0.39 is 18.1 Å². The van der Waals surface area contributed by atoms with Crippen molar-refractivity contribution in [3.05, 3.63) is 47.7 Å². The molecule has 2 heterocycles. The molecule has 10 heteroatoms. The number of urea groups is 1. The maximum atomic E-state index is 12.7. The van der Waals surface area contributed by atoms with Gasteiger partial charge in [-0.1, -0.05) is 30.3 Å². The van der Waals surface area contributed by atoms with E-state index in [9.17, 15) is 14.7 Å². The van der Waals surface area contributed by atoms with Crippen molar-refractivity contribution in [2.75, 3.05) is 31.6 Å². The quantitative estimate of drug-likeness (QED) is 0.461. The maximum Gasteiger partial charge on any atom is 0.343 e. The minimum Gasteiger partial charge on any atom is -0.462 e. The summed E-state index contributed by atoms with van der Waals surface area (Å²) in [5, 5.41) is 21.8. The van der Waals surface area contributed by atoms with Crippen LogP contribution in [-0.2, 0) is 17.7 Å². The molecular weight excluding hydrogens is 400 g/mol. The molecule has 10 nitrogen and oxygen atoms in total. The topological polar surface area (TPSA) is 121 Å². The van der Waals surface area contributed by atoms with Crippen molar-refractivity contribution in [2.45, 2.75) is 39.0 Å². The molecule has 0 bridgehead atoms. The van der Waals surface area contributed by atoms with Crippen LogP contribution in [0.3, 0.4) is 0 Å². The Morgan fingerprint density at radius 1 is 1.35 bits per heavy atom. The van der Waals surface area contributed by atoms with Gasteiger partial charge in [0.2, 0.25) is 0 Å². The number of amides is 2. The summed E-state index contributed by atoms with van der Waals surface area (Å²) < 4.78 is 6.43. The van der Waals surface area contributed by atoms with E-state index in [1.54, 1.807) is 13.8 Å². The highest BCUT2D eigenvalue weighted by molar-refractivity contribution is 5.99. The van der Waals surface area contributed by atoms with Gasteiger partial charge in [-0.15, -0.1) is 0 Å². The molecule has 2 atom stereocenters. The number of aliphatic hydroxyl groups excluding tert-OH is 1. The van der Waals surface area contributed by atoms with Gasteiger partial charge in [-0.25, -0.2) is 19.3 Å². The van der Waals surface area contributed by atoms with Gasteiger partial charge in [-0.2, -0.15) is 5.10 Å². The van der Waals surface area contributed by atoms with Gasteiger partial charge in [-0.3, -0.25) is 10.7 Å². The third kappa shape index (κ3) is 6.51. The Labute approximate surface area is 181 Å². The molecule has 1 aromatic carbocycles. The molecule has 4 N–H and O–H groups in total. The molecule has 1 saturated heterocycles. The van der Waals surface area contributed by atoms with Crippen LogP contribution in [0, 0.1) is 0 Å². The van der Waals surface area contributed by atoms with Crippen molar-refractivity contribution in [1.29, 1.82) is 0 Å². The highest BCUT2D eigenvalue weighted by Gasteiger charge is 2.24. The SMILES string of the molecule is CCOC(=O)c1cnn(CC(C)O)c1NC(=O)NN1CCNC(Cc2ccccc2)C1. The van der Waals surface area contributed by atoms with Gasteiger partial charge in [-0.05, 0) is 25.8 Å². The molecule has 0 aliphatic carbocycles. The summed E-state index contributed by atoms with van der Waals surface area (Å²) in [7, 11) is 0. The second kappa shape index (κ2) is 10.9. The molecule has 1 aliphatic heterocycles. The summed E-state index contributed by atoms with van der Waals surface area (Å²) in [5.41, 5.74) is 4.21. The Hall–Kier alpha value is -2.95. The lowest BCUT2D eigenvalue weighted by Gasteiger charge is -2.33. The third-order valence-electron chi connectivity index (χ3n) is 4.84. The number of carbonyl (C=O) groups is 2. The Bertz CT molecular complexity index is 870. The second-order valence-corrected chi connectivity index (χ2v) is 7.51. The number of nitrogens with one attached hydrogen (secondary N) is 3. The van der Waals surface area contributed by atoms with Gasteiger partial charge in [0.15, 0.2) is 0 Å². The zero-order valence-corrected chi connectivity index (χ0v) is 17.9. The summed E-state index contributed by atoms with van der Waals surface area (Å²) in [6.45, 7) is 5.66. The lowest BCUT2D eigenvalue weighted by Crippen LogP contribution is -2.58. The number of hydrazine groups is 1. The normalized spacial score (nSPS) is 17.7. The molecule has 168 valence electrons. The monoisotopic (exact) mass is 430 g/mol. The number of aromatic nitrogens is 2. The number of nitrogens with zero attached hydrogens (tertiary/aromatic N) is 3. The highest BCUT2D eigenvalue weighted by Crippen LogP contribution is 2.17. The molecular formula is C21H30N6O4. The number of aliphatic hydroxyl groups is 1. The molecule has 2 aromatic rings. The van der Waals surface area contributed by atoms with E-state index in [1.807, 2.05) is 23.2 Å². The number of esters is 1. The fraction of sp³-hybridized carbons (Fsp3) is 0.476. The van der Waals surface area contributed by atoms with Crippen LogP contribution in [0.4, 0.5) is 10.6 Å². The van der Waals surface area contributed by atoms with Gasteiger partial charge in [0.25, 0.3) is 0 Å². The lowest BCUT2D eigenvalue weighted by atomic mass is 10.0. The summed E-state index contributed by atoms with van der Waals surface area (Å²) in [6.07, 6.45) is 1.48. The van der Waals surface area contributed by atoms with Crippen LogP contribution < -0.4 is 16.1 Å². The molecule has 1 fully saturated rings. The fourth-order valence-electron chi connectivity index (χ4n) is 3.51. The number of ether oxygens (including phenoxy) is 1. The molecule has 3 rings (SSSR count). The number of hydrogen-bond donors (Lipinski definition) is 4. The van der Waals surface area contributed by atoms with Crippen molar-refractivity contribution in [1.82, 2.24) is 25.5 Å². The molecule has 2 amide bonds. The van der Waals surface area contributed by atoms with Crippen LogP contribution in [0.15, 0.2) is 36.5 Å². The Balaban J connectivity index is 1.63. The summed E-state index contributed by atoms with van der Waals surface area (Å²) in [4.78, 5) is 24.9. The van der Waals surface area contributed by atoms with E-state index >= 15 is 0 Å². The number of rotatable bonds is 8. The standard InChI is InChI=1S/C21H30N6O4/c1-3-31-20(29)18-12-23-27(13-15(2)28)19(18)24-21(30)25-26-10-9-22-17(14-26)11-16-7-5-4-6-8-16/h4-8,12,15,17,22,28H,3,9-11,13-14H2,1-2H3,(H2,24,25,30). The zero-order chi connectivity index (χ0) is 22.2. The zero-order valence-electron chi connectivity index (χ0n) is 17.9. The maximum absolute atomic E-state index is 12.7. The Morgan fingerprint density at radius 3 is 2.84 bits per heavy atom. The minimum atomic E-state index is -0.703. The van der Waals surface area contributed by atoms with Gasteiger partial charge in [0, 0.05) is 25.7 Å². The minimum absolute atomic E-state index is 0.127. The van der Waals surface area contributed by atoms with Crippen molar-refractivity contribution < 1.29 is 19.4 Å². The average molecular weight is 431 g/mol.